The van der Waals surface area contributed by atoms with Crippen molar-refractivity contribution in [2.24, 2.45) is 0 Å². The van der Waals surface area contributed by atoms with Crippen LogP contribution >= 0.6 is 0 Å². The largest absolute Gasteiger partial charge is 0.394 e. The number of rotatable bonds is 21. The molecule has 0 spiro atoms. The second-order valence-corrected chi connectivity index (χ2v) is 10.5. The molecule has 1 rings (SSSR count). The van der Waals surface area contributed by atoms with Crippen molar-refractivity contribution in [1.29, 1.82) is 0 Å². The molecular weight excluding hydrogens is 510 g/mol. The molecule has 1 aliphatic heterocycles. The summed E-state index contributed by atoms with van der Waals surface area (Å²) in [4.78, 5) is 12.7. The molecule has 8 N–H and O–H groups in total. The summed E-state index contributed by atoms with van der Waals surface area (Å²) in [7, 11) is 0. The Labute approximate surface area is 232 Å². The van der Waals surface area contributed by atoms with Gasteiger partial charge in [-0.3, -0.25) is 4.79 Å². The lowest BCUT2D eigenvalue weighted by molar-refractivity contribution is -0.303. The minimum atomic E-state index is -1.65. The summed E-state index contributed by atoms with van der Waals surface area (Å²) in [6.45, 7) is 3.09. The molecule has 0 aromatic heterocycles. The first kappa shape index (κ1) is 35.9. The topological polar surface area (TPSA) is 189 Å². The normalized spacial score (nSPS) is 26.8. The average molecular weight is 564 g/mol. The minimum Gasteiger partial charge on any atom is -0.394 e. The van der Waals surface area contributed by atoms with E-state index in [4.69, 9.17) is 9.47 Å². The zero-order chi connectivity index (χ0) is 29.2. The van der Waals surface area contributed by atoms with Crippen molar-refractivity contribution in [3.63, 3.8) is 0 Å². The van der Waals surface area contributed by atoms with Gasteiger partial charge < -0.3 is 50.5 Å². The van der Waals surface area contributed by atoms with Gasteiger partial charge >= 0.3 is 0 Å². The van der Waals surface area contributed by atoms with Crippen molar-refractivity contribution in [1.82, 2.24) is 5.32 Å². The van der Waals surface area contributed by atoms with Gasteiger partial charge in [0, 0.05) is 0 Å². The molecule has 0 radical (unpaired) electrons. The highest BCUT2D eigenvalue weighted by Gasteiger charge is 2.44. The van der Waals surface area contributed by atoms with Crippen LogP contribution in [0.4, 0.5) is 0 Å². The highest BCUT2D eigenvalue weighted by atomic mass is 16.7. The highest BCUT2D eigenvalue weighted by Crippen LogP contribution is 2.22. The van der Waals surface area contributed by atoms with Crippen LogP contribution in [0.1, 0.15) is 90.9 Å². The molecule has 0 aromatic carbocycles. The summed E-state index contributed by atoms with van der Waals surface area (Å²) >= 11 is 0. The molecule has 9 atom stereocenters. The molecule has 9 unspecified atom stereocenters. The monoisotopic (exact) mass is 563 g/mol. The average Bonchev–Trinajstić information content (AvgIpc) is 2.93. The second-order valence-electron chi connectivity index (χ2n) is 10.5. The molecule has 39 heavy (non-hydrogen) atoms. The maximum Gasteiger partial charge on any atom is 0.249 e. The Morgan fingerprint density at radius 1 is 0.872 bits per heavy atom. The zero-order valence-corrected chi connectivity index (χ0v) is 23.6. The lowest BCUT2D eigenvalue weighted by Gasteiger charge is -2.40. The summed E-state index contributed by atoms with van der Waals surface area (Å²) in [5.74, 6) is -0.725. The molecule has 0 aliphatic carbocycles. The number of aliphatic hydroxyl groups excluding tert-OH is 7. The predicted octanol–water partition coefficient (Wildman–Crippen LogP) is 0.648. The van der Waals surface area contributed by atoms with Gasteiger partial charge in [-0.15, -0.1) is 0 Å². The first-order valence-electron chi connectivity index (χ1n) is 14.6. The van der Waals surface area contributed by atoms with Crippen LogP contribution in [-0.4, -0.2) is 110 Å². The summed E-state index contributed by atoms with van der Waals surface area (Å²) in [6, 6.07) is -1.16. The van der Waals surface area contributed by atoms with Crippen LogP contribution in [0, 0.1) is 0 Å². The Balaban J connectivity index is 2.68. The fraction of sp³-hybridized carbons (Fsp3) is 0.893. The van der Waals surface area contributed by atoms with E-state index in [0.29, 0.717) is 12.8 Å². The minimum absolute atomic E-state index is 0.237. The van der Waals surface area contributed by atoms with Gasteiger partial charge in [-0.2, -0.15) is 0 Å². The van der Waals surface area contributed by atoms with Crippen LogP contribution in [0.2, 0.25) is 0 Å². The van der Waals surface area contributed by atoms with Crippen LogP contribution in [0.25, 0.3) is 0 Å². The Kier molecular flexibility index (Phi) is 19.0. The molecule has 0 bridgehead atoms. The van der Waals surface area contributed by atoms with Crippen LogP contribution < -0.4 is 5.32 Å². The van der Waals surface area contributed by atoms with Gasteiger partial charge in [-0.05, 0) is 32.1 Å². The first-order chi connectivity index (χ1) is 18.7. The Morgan fingerprint density at radius 2 is 1.51 bits per heavy atom. The summed E-state index contributed by atoms with van der Waals surface area (Å²) in [5, 5.41) is 73.7. The molecule has 230 valence electrons. The van der Waals surface area contributed by atoms with Crippen molar-refractivity contribution >= 4 is 5.91 Å². The van der Waals surface area contributed by atoms with E-state index in [1.54, 1.807) is 0 Å². The van der Waals surface area contributed by atoms with Gasteiger partial charge in [0.05, 0.1) is 25.4 Å². The third-order valence-electron chi connectivity index (χ3n) is 7.07. The van der Waals surface area contributed by atoms with Crippen molar-refractivity contribution < 1.29 is 50.0 Å². The molecule has 0 saturated carbocycles. The molecule has 1 amide bonds. The van der Waals surface area contributed by atoms with Crippen LogP contribution in [0.15, 0.2) is 12.2 Å². The lowest BCUT2D eigenvalue weighted by Crippen LogP contribution is -2.60. The number of amides is 1. The molecule has 1 aliphatic rings. The second kappa shape index (κ2) is 20.7. The van der Waals surface area contributed by atoms with E-state index in [-0.39, 0.29) is 12.8 Å². The van der Waals surface area contributed by atoms with E-state index in [1.165, 1.54) is 12.8 Å². The third kappa shape index (κ3) is 13.4. The van der Waals surface area contributed by atoms with E-state index in [9.17, 15) is 40.5 Å². The van der Waals surface area contributed by atoms with E-state index >= 15 is 0 Å². The number of carbonyl (C=O) groups is 1. The van der Waals surface area contributed by atoms with E-state index in [2.05, 4.69) is 24.4 Å². The fourth-order valence-corrected chi connectivity index (χ4v) is 4.42. The number of hydrogen-bond acceptors (Lipinski definition) is 10. The van der Waals surface area contributed by atoms with E-state index in [1.807, 2.05) is 6.92 Å². The highest BCUT2D eigenvalue weighted by molar-refractivity contribution is 5.80. The Hall–Kier alpha value is -1.15. The van der Waals surface area contributed by atoms with Gasteiger partial charge in [-0.1, -0.05) is 70.9 Å². The molecule has 1 heterocycles. The maximum atomic E-state index is 12.7. The number of hydrogen-bond donors (Lipinski definition) is 8. The third-order valence-corrected chi connectivity index (χ3v) is 7.07. The SMILES string of the molecule is CCCC/C=C\CCCCCC(O)C(=O)NC(COC1OC(CO)C(O)C(O)C1O)C(O)C(O)CCCCC. The van der Waals surface area contributed by atoms with Crippen LogP contribution in [0.5, 0.6) is 0 Å². The summed E-state index contributed by atoms with van der Waals surface area (Å²) in [5.41, 5.74) is 0. The Morgan fingerprint density at radius 3 is 2.15 bits per heavy atom. The standard InChI is InChI=1S/C28H53NO10/c1-3-5-7-8-9-10-11-12-14-16-21(32)27(37)29-19(23(33)20(31)15-13-6-4-2)18-38-28-26(36)25(35)24(34)22(17-30)39-28/h8-9,19-26,28,30-36H,3-7,10-18H2,1-2H3,(H,29,37)/b9-8-. The van der Waals surface area contributed by atoms with Crippen molar-refractivity contribution in [2.45, 2.75) is 146 Å². The quantitative estimate of drug-likeness (QED) is 0.0727. The van der Waals surface area contributed by atoms with E-state index in [0.717, 1.165) is 38.5 Å². The van der Waals surface area contributed by atoms with Crippen LogP contribution in [-0.2, 0) is 14.3 Å². The van der Waals surface area contributed by atoms with Crippen LogP contribution in [0.3, 0.4) is 0 Å². The number of nitrogens with one attached hydrogen (secondary N) is 1. The Bertz CT molecular complexity index is 664. The molecule has 11 nitrogen and oxygen atoms in total. The van der Waals surface area contributed by atoms with Crippen molar-refractivity contribution in [3.8, 4) is 0 Å². The van der Waals surface area contributed by atoms with Gasteiger partial charge in [0.1, 0.15) is 36.6 Å². The molecule has 11 heteroatoms. The zero-order valence-electron chi connectivity index (χ0n) is 23.6. The summed E-state index contributed by atoms with van der Waals surface area (Å²) < 4.78 is 10.8. The molecule has 1 fully saturated rings. The number of unbranched alkanes of at least 4 members (excludes halogenated alkanes) is 7. The van der Waals surface area contributed by atoms with Gasteiger partial charge in [0.25, 0.3) is 0 Å². The fourth-order valence-electron chi connectivity index (χ4n) is 4.42. The lowest BCUT2D eigenvalue weighted by atomic mass is 9.98. The smallest absolute Gasteiger partial charge is 0.249 e. The van der Waals surface area contributed by atoms with E-state index < -0.39 is 74.2 Å². The van der Waals surface area contributed by atoms with Crippen molar-refractivity contribution in [3.05, 3.63) is 12.2 Å². The predicted molar refractivity (Wildman–Crippen MR) is 146 cm³/mol. The van der Waals surface area contributed by atoms with Gasteiger partial charge in [0.2, 0.25) is 5.91 Å². The number of allylic oxidation sites excluding steroid dienone is 2. The number of ether oxygens (including phenoxy) is 2. The number of carbonyl (C=O) groups excluding carboxylic acids is 1. The maximum absolute atomic E-state index is 12.7. The van der Waals surface area contributed by atoms with Gasteiger partial charge in [0.15, 0.2) is 6.29 Å². The number of aliphatic hydroxyl groups is 7. The molecule has 1 saturated heterocycles. The molecule has 0 aromatic rings. The first-order valence-corrected chi connectivity index (χ1v) is 14.6. The van der Waals surface area contributed by atoms with Crippen molar-refractivity contribution in [2.75, 3.05) is 13.2 Å². The summed E-state index contributed by atoms with van der Waals surface area (Å²) in [6.07, 6.45) is 2.69. The van der Waals surface area contributed by atoms with Gasteiger partial charge in [-0.25, -0.2) is 0 Å². The molecular formula is C28H53NO10.